The Balaban J connectivity index is 1.88. The fourth-order valence-electron chi connectivity index (χ4n) is 2.81. The van der Waals surface area contributed by atoms with Gasteiger partial charge in [-0.2, -0.15) is 0 Å². The van der Waals surface area contributed by atoms with Crippen molar-refractivity contribution >= 4 is 11.7 Å². The highest BCUT2D eigenvalue weighted by molar-refractivity contribution is 6.00. The number of hydrogen-bond donors (Lipinski definition) is 1. The topological polar surface area (TPSA) is 72.0 Å². The van der Waals surface area contributed by atoms with Gasteiger partial charge >= 0.3 is 0 Å². The van der Waals surface area contributed by atoms with Crippen molar-refractivity contribution in [3.8, 4) is 0 Å². The normalized spacial score (nSPS) is 18.9. The van der Waals surface area contributed by atoms with E-state index in [1.807, 2.05) is 18.2 Å². The van der Waals surface area contributed by atoms with E-state index in [1.54, 1.807) is 25.4 Å². The number of Topliss-reactive ketones (excluding diaryl/α,β-unsaturated/α-hetero) is 1. The molecule has 0 bridgehead atoms. The molecule has 0 unspecified atom stereocenters. The van der Waals surface area contributed by atoms with Crippen molar-refractivity contribution in [3.63, 3.8) is 0 Å². The molecule has 2 aromatic rings. The minimum Gasteiger partial charge on any atom is -0.354 e. The lowest BCUT2D eigenvalue weighted by Gasteiger charge is -2.08. The molecule has 1 aliphatic rings. The predicted molar refractivity (Wildman–Crippen MR) is 90.9 cm³/mol. The van der Waals surface area contributed by atoms with Gasteiger partial charge in [0.1, 0.15) is 5.69 Å². The monoisotopic (exact) mass is 323 g/mol. The summed E-state index contributed by atoms with van der Waals surface area (Å²) < 4.78 is 0. The van der Waals surface area contributed by atoms with Crippen LogP contribution in [-0.2, 0) is 6.42 Å². The summed E-state index contributed by atoms with van der Waals surface area (Å²) in [6.45, 7) is 2.16. The van der Waals surface area contributed by atoms with E-state index in [1.165, 1.54) is 0 Å². The Morgan fingerprint density at radius 3 is 2.67 bits per heavy atom. The van der Waals surface area contributed by atoms with Crippen LogP contribution in [0.2, 0.25) is 0 Å². The molecule has 3 rings (SSSR count). The molecule has 0 radical (unpaired) electrons. The minimum atomic E-state index is -0.285. The zero-order valence-corrected chi connectivity index (χ0v) is 14.0. The molecule has 1 amide bonds. The highest BCUT2D eigenvalue weighted by Gasteiger charge is 2.34. The van der Waals surface area contributed by atoms with E-state index >= 15 is 0 Å². The molecule has 5 nitrogen and oxygen atoms in total. The second-order valence-corrected chi connectivity index (χ2v) is 6.41. The number of rotatable bonds is 6. The van der Waals surface area contributed by atoms with Crippen LogP contribution in [0.1, 0.15) is 52.0 Å². The van der Waals surface area contributed by atoms with Crippen LogP contribution < -0.4 is 5.32 Å². The van der Waals surface area contributed by atoms with Crippen molar-refractivity contribution < 1.29 is 9.59 Å². The van der Waals surface area contributed by atoms with Crippen LogP contribution in [0.3, 0.4) is 0 Å². The molecule has 0 aromatic carbocycles. The highest BCUT2D eigenvalue weighted by atomic mass is 16.1. The Hall–Kier alpha value is -2.56. The van der Waals surface area contributed by atoms with Crippen LogP contribution in [0.4, 0.5) is 0 Å². The van der Waals surface area contributed by atoms with Gasteiger partial charge in [-0.3, -0.25) is 14.6 Å². The first-order valence-electron chi connectivity index (χ1n) is 8.23. The van der Waals surface area contributed by atoms with Gasteiger partial charge < -0.3 is 5.32 Å². The Morgan fingerprint density at radius 2 is 2.04 bits per heavy atom. The molecule has 1 fully saturated rings. The fraction of sp³-hybridized carbons (Fsp3) is 0.368. The van der Waals surface area contributed by atoms with E-state index < -0.39 is 0 Å². The standard InChI is InChI=1S/C19H21N3O2/c1-12-7-13(12)10-18(23)14-8-16(11-15-5-3-4-6-21-15)22-17(9-14)19(24)20-2/h3-6,8-9,12-13H,7,10-11H2,1-2H3,(H,20,24)/t12-,13+/m0/s1. The molecule has 5 heteroatoms. The Labute approximate surface area is 141 Å². The summed E-state index contributed by atoms with van der Waals surface area (Å²) in [4.78, 5) is 33.2. The molecule has 124 valence electrons. The minimum absolute atomic E-state index is 0.0826. The summed E-state index contributed by atoms with van der Waals surface area (Å²) in [5.41, 5.74) is 2.38. The van der Waals surface area contributed by atoms with Crippen LogP contribution in [0.5, 0.6) is 0 Å². The fourth-order valence-corrected chi connectivity index (χ4v) is 2.81. The third-order valence-corrected chi connectivity index (χ3v) is 4.47. The van der Waals surface area contributed by atoms with Gasteiger partial charge in [-0.25, -0.2) is 4.98 Å². The summed E-state index contributed by atoms with van der Waals surface area (Å²) in [6.07, 6.45) is 3.87. The van der Waals surface area contributed by atoms with Gasteiger partial charge in [-0.1, -0.05) is 13.0 Å². The number of amides is 1. The van der Waals surface area contributed by atoms with Gasteiger partial charge in [0.15, 0.2) is 5.78 Å². The van der Waals surface area contributed by atoms with Crippen LogP contribution in [0.15, 0.2) is 36.5 Å². The number of ketones is 1. The third kappa shape index (κ3) is 3.85. The molecule has 0 aliphatic heterocycles. The first-order chi connectivity index (χ1) is 11.6. The van der Waals surface area contributed by atoms with Gasteiger partial charge in [-0.05, 0) is 42.5 Å². The lowest BCUT2D eigenvalue weighted by Crippen LogP contribution is -2.20. The summed E-state index contributed by atoms with van der Waals surface area (Å²) in [6, 6.07) is 9.05. The van der Waals surface area contributed by atoms with Crippen LogP contribution in [0.25, 0.3) is 0 Å². The molecule has 1 aliphatic carbocycles. The molecular weight excluding hydrogens is 302 g/mol. The number of carbonyl (C=O) groups is 2. The van der Waals surface area contributed by atoms with E-state index in [0.717, 1.165) is 12.1 Å². The van der Waals surface area contributed by atoms with Crippen molar-refractivity contribution in [1.29, 1.82) is 0 Å². The van der Waals surface area contributed by atoms with Crippen molar-refractivity contribution in [2.75, 3.05) is 7.05 Å². The van der Waals surface area contributed by atoms with E-state index in [9.17, 15) is 9.59 Å². The number of nitrogens with one attached hydrogen (secondary N) is 1. The average Bonchev–Trinajstić information content (AvgIpc) is 3.29. The number of pyridine rings is 2. The first-order valence-corrected chi connectivity index (χ1v) is 8.23. The van der Waals surface area contributed by atoms with Crippen LogP contribution in [-0.4, -0.2) is 28.7 Å². The van der Waals surface area contributed by atoms with Crippen molar-refractivity contribution in [3.05, 3.63) is 59.2 Å². The largest absolute Gasteiger partial charge is 0.354 e. The van der Waals surface area contributed by atoms with Gasteiger partial charge in [0, 0.05) is 43.0 Å². The molecule has 2 atom stereocenters. The Morgan fingerprint density at radius 1 is 1.25 bits per heavy atom. The first kappa shape index (κ1) is 16.3. The molecule has 1 N–H and O–H groups in total. The molecule has 1 saturated carbocycles. The van der Waals surface area contributed by atoms with Crippen molar-refractivity contribution in [2.45, 2.75) is 26.2 Å². The number of nitrogens with zero attached hydrogens (tertiary/aromatic N) is 2. The zero-order chi connectivity index (χ0) is 17.1. The second kappa shape index (κ2) is 6.91. The highest BCUT2D eigenvalue weighted by Crippen LogP contribution is 2.41. The number of aromatic nitrogens is 2. The number of hydrogen-bond acceptors (Lipinski definition) is 4. The Kier molecular flexibility index (Phi) is 4.69. The number of carbonyl (C=O) groups excluding carboxylic acids is 2. The molecule has 0 spiro atoms. The molecule has 2 heterocycles. The maximum atomic E-state index is 12.5. The van der Waals surface area contributed by atoms with E-state index in [-0.39, 0.29) is 17.4 Å². The maximum absolute atomic E-state index is 12.5. The molecular formula is C19H21N3O2. The SMILES string of the molecule is CNC(=O)c1cc(C(=O)C[C@H]2C[C@@H]2C)cc(Cc2ccccn2)n1. The molecule has 2 aromatic heterocycles. The van der Waals surface area contributed by atoms with Gasteiger partial charge in [0.2, 0.25) is 0 Å². The smallest absolute Gasteiger partial charge is 0.269 e. The zero-order valence-electron chi connectivity index (χ0n) is 14.0. The quantitative estimate of drug-likeness (QED) is 0.830. The summed E-state index contributed by atoms with van der Waals surface area (Å²) in [7, 11) is 1.56. The second-order valence-electron chi connectivity index (χ2n) is 6.41. The molecule has 0 saturated heterocycles. The maximum Gasteiger partial charge on any atom is 0.269 e. The lowest BCUT2D eigenvalue weighted by atomic mass is 10.0. The van der Waals surface area contributed by atoms with Crippen molar-refractivity contribution in [2.24, 2.45) is 11.8 Å². The van der Waals surface area contributed by atoms with Gasteiger partial charge in [0.05, 0.1) is 0 Å². The third-order valence-electron chi connectivity index (χ3n) is 4.47. The van der Waals surface area contributed by atoms with E-state index in [0.29, 0.717) is 35.9 Å². The van der Waals surface area contributed by atoms with Crippen molar-refractivity contribution in [1.82, 2.24) is 15.3 Å². The predicted octanol–water partition coefficient (Wildman–Crippen LogP) is 2.66. The van der Waals surface area contributed by atoms with E-state index in [4.69, 9.17) is 0 Å². The van der Waals surface area contributed by atoms with Gasteiger partial charge in [0.25, 0.3) is 5.91 Å². The summed E-state index contributed by atoms with van der Waals surface area (Å²) in [5, 5.41) is 2.57. The summed E-state index contributed by atoms with van der Waals surface area (Å²) >= 11 is 0. The lowest BCUT2D eigenvalue weighted by molar-refractivity contribution is 0.0958. The molecule has 24 heavy (non-hydrogen) atoms. The van der Waals surface area contributed by atoms with Gasteiger partial charge in [-0.15, -0.1) is 0 Å². The summed E-state index contributed by atoms with van der Waals surface area (Å²) in [5.74, 6) is 0.904. The Bertz CT molecular complexity index is 758. The average molecular weight is 323 g/mol. The van der Waals surface area contributed by atoms with E-state index in [2.05, 4.69) is 22.2 Å². The van der Waals surface area contributed by atoms with Crippen LogP contribution >= 0.6 is 0 Å². The van der Waals surface area contributed by atoms with Crippen LogP contribution in [0, 0.1) is 11.8 Å².